The molecule has 36 nitrogen and oxygen atoms in total. The van der Waals surface area contributed by atoms with Gasteiger partial charge in [-0.1, -0.05) is 44.0 Å². The lowest BCUT2D eigenvalue weighted by atomic mass is 10.1. The van der Waals surface area contributed by atoms with Crippen molar-refractivity contribution in [2.75, 3.05) is 79.3 Å². The smallest absolute Gasteiger partial charge is 0.463 e. The molecule has 6 aromatic rings. The normalized spacial score (nSPS) is 17.1. The number of carbonyl (C=O) groups excluding carboxylic acids is 14. The molecule has 4 unspecified atom stereocenters. The van der Waals surface area contributed by atoms with Crippen LogP contribution >= 0.6 is 0 Å². The van der Waals surface area contributed by atoms with Gasteiger partial charge < -0.3 is 104 Å². The first-order chi connectivity index (χ1) is 59.9. The van der Waals surface area contributed by atoms with Crippen LogP contribution < -0.4 is 28.4 Å². The second-order valence-corrected chi connectivity index (χ2v) is 26.5. The van der Waals surface area contributed by atoms with Gasteiger partial charge in [0.25, 0.3) is 0 Å². The van der Waals surface area contributed by atoms with Gasteiger partial charge in [0.15, 0.2) is 24.4 Å². The van der Waals surface area contributed by atoms with Crippen molar-refractivity contribution in [2.24, 2.45) is 0 Å². The number of carbonyl (C=O) groups is 14. The summed E-state index contributed by atoms with van der Waals surface area (Å²) in [6.07, 6.45) is -0.842. The van der Waals surface area contributed by atoms with Gasteiger partial charge in [-0.15, -0.1) is 0 Å². The van der Waals surface area contributed by atoms with Crippen LogP contribution in [0.25, 0.3) is 0 Å². The molecular weight excluding hydrogens is 1630 g/mol. The minimum absolute atomic E-state index is 0.0176. The number of benzene rings is 6. The van der Waals surface area contributed by atoms with Crippen LogP contribution in [0, 0.1) is 6.92 Å². The Morgan fingerprint density at radius 1 is 0.274 bits per heavy atom. The van der Waals surface area contributed by atoms with Gasteiger partial charge in [-0.05, 0) is 192 Å². The van der Waals surface area contributed by atoms with E-state index in [1.165, 1.54) is 128 Å². The summed E-state index contributed by atoms with van der Waals surface area (Å²) in [7, 11) is 0. The number of aryl methyl sites for hydroxylation is 1. The Hall–Kier alpha value is -14.1. The molecule has 6 aromatic carbocycles. The fourth-order valence-electron chi connectivity index (χ4n) is 11.2. The maximum Gasteiger partial charge on any atom is 0.513 e. The highest BCUT2D eigenvalue weighted by Gasteiger charge is 2.53. The van der Waals surface area contributed by atoms with Crippen molar-refractivity contribution >= 4 is 84.3 Å². The van der Waals surface area contributed by atoms with E-state index in [9.17, 15) is 67.1 Å². The number of hydrogen-bond acceptors (Lipinski definition) is 36. The predicted octanol–water partition coefficient (Wildman–Crippen LogP) is 11.7. The third-order valence-corrected chi connectivity index (χ3v) is 17.4. The first kappa shape index (κ1) is 95.4. The fraction of sp³-hybridized carbons (Fsp3) is 0.341. The Kier molecular flexibility index (Phi) is 39.1. The lowest BCUT2D eigenvalue weighted by Gasteiger charge is -2.17. The molecule has 4 saturated heterocycles. The van der Waals surface area contributed by atoms with E-state index in [-0.39, 0.29) is 130 Å². The quantitative estimate of drug-likeness (QED) is 0.00863. The lowest BCUT2D eigenvalue weighted by molar-refractivity contribution is -0.138. The van der Waals surface area contributed by atoms with Crippen LogP contribution in [0.4, 0.5) is 19.2 Å². The van der Waals surface area contributed by atoms with E-state index >= 15 is 0 Å². The molecule has 658 valence electrons. The average molecular weight is 1720 g/mol. The van der Waals surface area contributed by atoms with Gasteiger partial charge in [-0.3, -0.25) is 4.79 Å². The maximum atomic E-state index is 12.9. The first-order valence-corrected chi connectivity index (χ1v) is 38.7. The fourth-order valence-corrected chi connectivity index (χ4v) is 11.2. The summed E-state index contributed by atoms with van der Waals surface area (Å²) in [5.41, 5.74) is 2.05. The van der Waals surface area contributed by atoms with Crippen molar-refractivity contribution in [3.63, 3.8) is 0 Å². The topological polar surface area (TPSA) is 442 Å². The number of fused-ring (bicyclic) bond motifs is 2. The summed E-state index contributed by atoms with van der Waals surface area (Å²) < 4.78 is 115. The van der Waals surface area contributed by atoms with Crippen molar-refractivity contribution in [3.8, 4) is 34.5 Å². The zero-order valence-electron chi connectivity index (χ0n) is 67.5. The molecule has 4 heterocycles. The highest BCUT2D eigenvalue weighted by molar-refractivity contribution is 5.93. The van der Waals surface area contributed by atoms with E-state index in [4.69, 9.17) is 104 Å². The van der Waals surface area contributed by atoms with E-state index in [1.54, 1.807) is 12.1 Å². The molecule has 4 aliphatic rings. The number of ether oxygens (including phenoxy) is 22. The number of rotatable bonds is 39. The standard InChI is InChI=1S/C37H34O15.C36H38O16.C15H18O5/c1-3-31(39)44-18-4-5-19-45-37(43)50-28-16-10-23(11-17-28)34(40)49-27-14-8-25(9-15-27)36(42)52-30-21-47-32-29(20-46-33(30)32)51-35(41)24-6-12-26(13-7-24)48-22(2)38;1-3-29(37)43-17-5-7-19-45-35(41)49-25-13-9-23(10-14-25)33(39)51-27-21-47-32-28(22-48-31(27)32)52-34(40)24-11-15-26(16-12-24)50-36(42)46-20-8-6-18-44-30(38)4-2;1-3-14(16)18-10-4-5-11-19-15(17)20-13-8-6-12(2)7-9-13/h3,6-17,29-30,32-33H,1,4-5,18-21H2,2H3;3-4,9-16,27-28,31-32H,1-2,5-8,17-22H2;3,6-9H,1,4-5,10-11H2,2H3/t29-,30-,32?,33?;27-,28-,31?,32?;/m11./s1. The largest absolute Gasteiger partial charge is 0.513 e. The second kappa shape index (κ2) is 50.9. The number of hydrogen-bond donors (Lipinski definition) is 0. The Morgan fingerprint density at radius 2 is 0.468 bits per heavy atom. The SMILES string of the molecule is C=CC(=O)OCCCCOC(=O)Oc1ccc(C(=O)O[C@@H]2COC3C2OC[C@H]3OC(=O)c2ccc(OC(=O)OCCCCOC(=O)C=C)cc2)cc1.C=CC(=O)OCCCCOC(=O)Oc1ccc(C(=O)Oc2ccc(C(=O)O[C@@H]3COC4C3OC[C@H]4OC(=O)c3ccc(OC(C)=O)cc3)cc2)cc1.C=CC(=O)OCCCCOC(=O)Oc1ccc(C)cc1. The van der Waals surface area contributed by atoms with Gasteiger partial charge >= 0.3 is 84.3 Å². The minimum Gasteiger partial charge on any atom is -0.463 e. The molecule has 4 aliphatic heterocycles. The average Bonchev–Trinajstić information content (AvgIpc) is 1.65. The Balaban J connectivity index is 0.000000252. The van der Waals surface area contributed by atoms with E-state index in [0.29, 0.717) is 62.9 Å². The van der Waals surface area contributed by atoms with Crippen molar-refractivity contribution in [1.29, 1.82) is 0 Å². The Labute approximate surface area is 710 Å². The summed E-state index contributed by atoms with van der Waals surface area (Å²) in [6, 6.07) is 35.6. The van der Waals surface area contributed by atoms with Gasteiger partial charge in [0.05, 0.1) is 107 Å². The molecule has 10 rings (SSSR count). The Bertz CT molecular complexity index is 4520. The molecule has 0 N–H and O–H groups in total. The van der Waals surface area contributed by atoms with Crippen LogP contribution in [-0.2, 0) is 99.8 Å². The molecule has 0 saturated carbocycles. The molecule has 0 bridgehead atoms. The predicted molar refractivity (Wildman–Crippen MR) is 425 cm³/mol. The molecule has 0 aliphatic carbocycles. The van der Waals surface area contributed by atoms with Gasteiger partial charge in [0.1, 0.15) is 58.9 Å². The van der Waals surface area contributed by atoms with Crippen molar-refractivity contribution in [2.45, 2.75) is 114 Å². The number of esters is 10. The summed E-state index contributed by atoms with van der Waals surface area (Å²) >= 11 is 0. The zero-order valence-corrected chi connectivity index (χ0v) is 67.5. The van der Waals surface area contributed by atoms with E-state index in [0.717, 1.165) is 29.9 Å². The van der Waals surface area contributed by atoms with Gasteiger partial charge in [-0.2, -0.15) is 0 Å². The third kappa shape index (κ3) is 32.8. The van der Waals surface area contributed by atoms with Crippen LogP contribution in [0.3, 0.4) is 0 Å². The number of unbranched alkanes of at least 4 members (excludes halogenated alkanes) is 4. The van der Waals surface area contributed by atoms with E-state index in [1.807, 2.05) is 19.1 Å². The summed E-state index contributed by atoms with van der Waals surface area (Å²) in [4.78, 5) is 166. The monoisotopic (exact) mass is 1720 g/mol. The summed E-state index contributed by atoms with van der Waals surface area (Å²) in [6.45, 7) is 17.7. The first-order valence-electron chi connectivity index (χ1n) is 38.7. The van der Waals surface area contributed by atoms with Crippen LogP contribution in [-0.4, -0.2) is 212 Å². The van der Waals surface area contributed by atoms with Gasteiger partial charge in [0.2, 0.25) is 0 Å². The highest BCUT2D eigenvalue weighted by atomic mass is 16.7. The van der Waals surface area contributed by atoms with Crippen LogP contribution in [0.1, 0.15) is 116 Å². The molecule has 0 aromatic heterocycles. The van der Waals surface area contributed by atoms with Crippen molar-refractivity contribution in [3.05, 3.63) is 230 Å². The minimum atomic E-state index is -0.930. The summed E-state index contributed by atoms with van der Waals surface area (Å²) in [5, 5.41) is 0. The molecule has 36 heteroatoms. The lowest BCUT2D eigenvalue weighted by Crippen LogP contribution is -2.36. The third-order valence-electron chi connectivity index (χ3n) is 17.4. The van der Waals surface area contributed by atoms with Crippen LogP contribution in [0.5, 0.6) is 34.5 Å². The highest BCUT2D eigenvalue weighted by Crippen LogP contribution is 2.34. The van der Waals surface area contributed by atoms with E-state index in [2.05, 4.69) is 26.3 Å². The molecule has 4 fully saturated rings. The second-order valence-electron chi connectivity index (χ2n) is 26.5. The molecule has 124 heavy (non-hydrogen) atoms. The van der Waals surface area contributed by atoms with Crippen molar-refractivity contribution in [1.82, 2.24) is 0 Å². The zero-order chi connectivity index (χ0) is 89.1. The van der Waals surface area contributed by atoms with Gasteiger partial charge in [-0.25, -0.2) is 62.3 Å². The maximum absolute atomic E-state index is 12.9. The van der Waals surface area contributed by atoms with Crippen molar-refractivity contribution < 1.29 is 171 Å². The summed E-state index contributed by atoms with van der Waals surface area (Å²) in [5.74, 6) is -4.47. The van der Waals surface area contributed by atoms with Gasteiger partial charge in [0, 0.05) is 31.2 Å². The molecule has 0 radical (unpaired) electrons. The van der Waals surface area contributed by atoms with E-state index < -0.39 is 133 Å². The van der Waals surface area contributed by atoms with Crippen LogP contribution in [0.2, 0.25) is 0 Å². The Morgan fingerprint density at radius 3 is 0.685 bits per heavy atom. The molecule has 0 amide bonds. The molecule has 0 spiro atoms. The van der Waals surface area contributed by atoms with Crippen LogP contribution in [0.15, 0.2) is 196 Å². The molecular formula is C88H90O36. The molecule has 8 atom stereocenters.